The Bertz CT molecular complexity index is 843. The molecule has 0 atom stereocenters. The maximum absolute atomic E-state index is 8.82. The van der Waals surface area contributed by atoms with Crippen LogP contribution in [0.25, 0.3) is 11.0 Å². The number of fused-ring (bicyclic) bond motifs is 1. The number of nitrogens with zero attached hydrogens (tertiary/aromatic N) is 6. The highest BCUT2D eigenvalue weighted by molar-refractivity contribution is 9.10. The van der Waals surface area contributed by atoms with Gasteiger partial charge >= 0.3 is 0 Å². The van der Waals surface area contributed by atoms with E-state index in [1.165, 1.54) is 25.0 Å². The van der Waals surface area contributed by atoms with Crippen LogP contribution in [0.3, 0.4) is 0 Å². The van der Waals surface area contributed by atoms with Crippen molar-refractivity contribution in [3.05, 3.63) is 40.8 Å². The van der Waals surface area contributed by atoms with Crippen LogP contribution in [0.2, 0.25) is 0 Å². The van der Waals surface area contributed by atoms with Crippen LogP contribution in [-0.4, -0.2) is 24.9 Å². The van der Waals surface area contributed by atoms with Gasteiger partial charge in [-0.25, -0.2) is 19.9 Å². The number of nitriles is 2. The molecule has 3 aromatic rings. The lowest BCUT2D eigenvalue weighted by molar-refractivity contribution is 1.15. The second-order valence-electron chi connectivity index (χ2n) is 3.65. The summed E-state index contributed by atoms with van der Waals surface area (Å²) in [7, 11) is 0. The minimum absolute atomic E-state index is 0.309. The number of anilines is 1. The number of H-pyrrole nitrogens is 1. The van der Waals surface area contributed by atoms with Crippen molar-refractivity contribution in [1.82, 2.24) is 24.9 Å². The zero-order valence-corrected chi connectivity index (χ0v) is 12.0. The Hall–Kier alpha value is -3.04. The van der Waals surface area contributed by atoms with Crippen molar-refractivity contribution in [3.8, 4) is 12.1 Å². The summed E-state index contributed by atoms with van der Waals surface area (Å²) in [6.45, 7) is 0. The zero-order valence-electron chi connectivity index (χ0n) is 10.4. The van der Waals surface area contributed by atoms with Gasteiger partial charge < -0.3 is 10.7 Å². The van der Waals surface area contributed by atoms with E-state index >= 15 is 0 Å². The number of aromatic nitrogens is 5. The van der Waals surface area contributed by atoms with E-state index in [4.69, 9.17) is 16.3 Å². The van der Waals surface area contributed by atoms with E-state index in [0.717, 1.165) is 0 Å². The van der Waals surface area contributed by atoms with Gasteiger partial charge in [-0.2, -0.15) is 10.5 Å². The fourth-order valence-corrected chi connectivity index (χ4v) is 1.95. The predicted molar refractivity (Wildman–Crippen MR) is 77.5 cm³/mol. The maximum atomic E-state index is 8.82. The van der Waals surface area contributed by atoms with Crippen LogP contribution in [0.4, 0.5) is 5.82 Å². The maximum Gasteiger partial charge on any atom is 0.145 e. The summed E-state index contributed by atoms with van der Waals surface area (Å²) in [4.78, 5) is 17.9. The number of hydrogen-bond donors (Lipinski definition) is 2. The molecule has 0 aliphatic heterocycles. The van der Waals surface area contributed by atoms with Gasteiger partial charge in [0.25, 0.3) is 0 Å². The topological polar surface area (TPSA) is 141 Å². The number of rotatable bonds is 0. The van der Waals surface area contributed by atoms with Crippen LogP contribution >= 0.6 is 15.9 Å². The van der Waals surface area contributed by atoms with Crippen LogP contribution < -0.4 is 5.73 Å². The molecule has 8 nitrogen and oxygen atoms in total. The molecular formula is C12H7BrN8. The Kier molecular flexibility index (Phi) is 4.39. The molecule has 0 spiro atoms. The largest absolute Gasteiger partial charge is 0.383 e. The average molecular weight is 343 g/mol. The number of nitrogens with one attached hydrogen (secondary N) is 1. The number of aromatic amines is 1. The quantitative estimate of drug-likeness (QED) is 0.630. The van der Waals surface area contributed by atoms with Crippen molar-refractivity contribution in [2.75, 3.05) is 5.73 Å². The zero-order chi connectivity index (χ0) is 15.2. The molecule has 0 aliphatic rings. The third kappa shape index (κ3) is 3.11. The summed E-state index contributed by atoms with van der Waals surface area (Å²) < 4.78 is 0.581. The van der Waals surface area contributed by atoms with Crippen LogP contribution in [0.15, 0.2) is 29.7 Å². The summed E-state index contributed by atoms with van der Waals surface area (Å²) in [5, 5.41) is 17.6. The second-order valence-corrected chi connectivity index (χ2v) is 4.44. The molecule has 0 amide bonds. The highest BCUT2D eigenvalue weighted by Gasteiger charge is 2.12. The summed E-state index contributed by atoms with van der Waals surface area (Å²) in [6, 6.07) is 3.92. The minimum atomic E-state index is 0.309. The van der Waals surface area contributed by atoms with E-state index in [2.05, 4.69) is 40.8 Å². The van der Waals surface area contributed by atoms with Gasteiger partial charge in [0, 0.05) is 12.4 Å². The van der Waals surface area contributed by atoms with E-state index in [1.54, 1.807) is 0 Å². The van der Waals surface area contributed by atoms with Gasteiger partial charge in [-0.3, -0.25) is 0 Å². The summed E-state index contributed by atoms with van der Waals surface area (Å²) in [5.74, 6) is 0.309. The van der Waals surface area contributed by atoms with Gasteiger partial charge in [-0.15, -0.1) is 0 Å². The van der Waals surface area contributed by atoms with Crippen LogP contribution in [0.5, 0.6) is 0 Å². The van der Waals surface area contributed by atoms with Gasteiger partial charge in [0.2, 0.25) is 0 Å². The van der Waals surface area contributed by atoms with Crippen LogP contribution in [0, 0.1) is 22.7 Å². The molecule has 0 saturated carbocycles. The van der Waals surface area contributed by atoms with Gasteiger partial charge in [-0.1, -0.05) is 0 Å². The Morgan fingerprint density at radius 3 is 2.38 bits per heavy atom. The normalized spacial score (nSPS) is 9.29. The van der Waals surface area contributed by atoms with E-state index in [-0.39, 0.29) is 0 Å². The molecular weight excluding hydrogens is 336 g/mol. The first-order valence-electron chi connectivity index (χ1n) is 5.50. The Labute approximate surface area is 127 Å². The molecule has 3 N–H and O–H groups in total. The lowest BCUT2D eigenvalue weighted by atomic mass is 10.2. The van der Waals surface area contributed by atoms with Crippen molar-refractivity contribution >= 4 is 32.8 Å². The summed E-state index contributed by atoms with van der Waals surface area (Å²) >= 11 is 3.20. The number of halogens is 1. The van der Waals surface area contributed by atoms with E-state index in [1.807, 2.05) is 12.1 Å². The molecule has 102 valence electrons. The van der Waals surface area contributed by atoms with Crippen molar-refractivity contribution in [2.24, 2.45) is 0 Å². The van der Waals surface area contributed by atoms with Gasteiger partial charge in [0.15, 0.2) is 0 Å². The summed E-state index contributed by atoms with van der Waals surface area (Å²) in [5.41, 5.74) is 7.10. The Balaban J connectivity index is 0.000000173. The van der Waals surface area contributed by atoms with E-state index in [0.29, 0.717) is 32.6 Å². The van der Waals surface area contributed by atoms with E-state index < -0.39 is 0 Å². The second kappa shape index (κ2) is 6.41. The SMILES string of the molecule is N#Cc1c(Br)[nH]c2ncnc(N)c12.N#Cc1cncnc1. The molecule has 0 fully saturated rings. The number of nitrogen functional groups attached to an aromatic ring is 1. The molecule has 0 bridgehead atoms. The molecule has 0 aromatic carbocycles. The van der Waals surface area contributed by atoms with Crippen molar-refractivity contribution in [2.45, 2.75) is 0 Å². The van der Waals surface area contributed by atoms with Crippen molar-refractivity contribution in [1.29, 1.82) is 10.5 Å². The molecule has 21 heavy (non-hydrogen) atoms. The molecule has 3 aromatic heterocycles. The third-order valence-electron chi connectivity index (χ3n) is 2.38. The molecule has 0 radical (unpaired) electrons. The summed E-state index contributed by atoms with van der Waals surface area (Å²) in [6.07, 6.45) is 5.67. The van der Waals surface area contributed by atoms with Crippen LogP contribution in [0.1, 0.15) is 11.1 Å². The third-order valence-corrected chi connectivity index (χ3v) is 2.97. The fraction of sp³-hybridized carbons (Fsp3) is 0. The Morgan fingerprint density at radius 1 is 1.10 bits per heavy atom. The van der Waals surface area contributed by atoms with Gasteiger partial charge in [-0.05, 0) is 15.9 Å². The predicted octanol–water partition coefficient (Wildman–Crippen LogP) is 1.52. The monoisotopic (exact) mass is 342 g/mol. The molecule has 9 heteroatoms. The number of nitrogens with two attached hydrogens (primary N) is 1. The highest BCUT2D eigenvalue weighted by Crippen LogP contribution is 2.27. The first-order chi connectivity index (χ1) is 10.2. The molecule has 0 aliphatic carbocycles. The first-order valence-corrected chi connectivity index (χ1v) is 6.29. The van der Waals surface area contributed by atoms with Gasteiger partial charge in [0.05, 0.1) is 16.5 Å². The van der Waals surface area contributed by atoms with Crippen LogP contribution in [-0.2, 0) is 0 Å². The fourth-order valence-electron chi connectivity index (χ4n) is 1.48. The smallest absolute Gasteiger partial charge is 0.145 e. The molecule has 3 rings (SSSR count). The lowest BCUT2D eigenvalue weighted by Gasteiger charge is -1.92. The lowest BCUT2D eigenvalue weighted by Crippen LogP contribution is -1.92. The van der Waals surface area contributed by atoms with Crippen molar-refractivity contribution < 1.29 is 0 Å². The average Bonchev–Trinajstić information content (AvgIpc) is 2.85. The standard InChI is InChI=1S/C7H4BrN5.C5H3N3/c8-5-3(1-9)4-6(10)11-2-12-7(4)13-5;6-1-5-2-7-4-8-3-5/h2H,(H3,10,11,12,13);2-4H. The first kappa shape index (κ1) is 14.4. The van der Waals surface area contributed by atoms with Crippen molar-refractivity contribution in [3.63, 3.8) is 0 Å². The molecule has 3 heterocycles. The minimum Gasteiger partial charge on any atom is -0.383 e. The Morgan fingerprint density at radius 2 is 1.81 bits per heavy atom. The van der Waals surface area contributed by atoms with Gasteiger partial charge in [0.1, 0.15) is 40.9 Å². The molecule has 0 saturated heterocycles. The number of hydrogen-bond acceptors (Lipinski definition) is 7. The molecule has 0 unspecified atom stereocenters. The highest BCUT2D eigenvalue weighted by atomic mass is 79.9. The van der Waals surface area contributed by atoms with E-state index in [9.17, 15) is 0 Å².